The maximum atomic E-state index is 12.1. The molecule has 0 aromatic carbocycles. The van der Waals surface area contributed by atoms with Gasteiger partial charge < -0.3 is 10.6 Å². The summed E-state index contributed by atoms with van der Waals surface area (Å²) >= 11 is 0. The van der Waals surface area contributed by atoms with Crippen LogP contribution in [-0.2, 0) is 0 Å². The Morgan fingerprint density at radius 3 is 2.73 bits per heavy atom. The number of nitrogen functional groups attached to an aromatic ring is 1. The third kappa shape index (κ3) is 1.69. The van der Waals surface area contributed by atoms with Crippen LogP contribution in [0.3, 0.4) is 0 Å². The molecule has 1 amide bonds. The topological polar surface area (TPSA) is 75.0 Å². The van der Waals surface area contributed by atoms with E-state index in [1.807, 2.05) is 18.7 Å². The van der Waals surface area contributed by atoms with Gasteiger partial charge in [-0.3, -0.25) is 9.89 Å². The Morgan fingerprint density at radius 1 is 1.67 bits per heavy atom. The summed E-state index contributed by atoms with van der Waals surface area (Å²) in [6.07, 6.45) is 2.20. The summed E-state index contributed by atoms with van der Waals surface area (Å²) in [4.78, 5) is 13.9. The molecule has 1 aromatic rings. The minimum absolute atomic E-state index is 0.0538. The van der Waals surface area contributed by atoms with Crippen molar-refractivity contribution in [1.82, 2.24) is 15.1 Å². The number of carbonyl (C=O) groups excluding carboxylic acids is 1. The quantitative estimate of drug-likeness (QED) is 0.775. The number of H-pyrrole nitrogens is 1. The van der Waals surface area contributed by atoms with Crippen molar-refractivity contribution in [2.45, 2.75) is 32.7 Å². The Hall–Kier alpha value is -1.52. The van der Waals surface area contributed by atoms with Gasteiger partial charge in [0.2, 0.25) is 0 Å². The van der Waals surface area contributed by atoms with Gasteiger partial charge in [0.25, 0.3) is 5.91 Å². The lowest BCUT2D eigenvalue weighted by Crippen LogP contribution is -2.33. The molecular formula is C10H16N4O. The lowest BCUT2D eigenvalue weighted by Gasteiger charge is -2.19. The Balaban J connectivity index is 2.22. The van der Waals surface area contributed by atoms with E-state index in [2.05, 4.69) is 10.2 Å². The average molecular weight is 208 g/mol. The normalized spacial score (nSPS) is 15.3. The Kier molecular flexibility index (Phi) is 2.38. The number of amides is 1. The molecule has 15 heavy (non-hydrogen) atoms. The Bertz CT molecular complexity index is 381. The second kappa shape index (κ2) is 3.56. The highest BCUT2D eigenvalue weighted by molar-refractivity contribution is 5.97. The summed E-state index contributed by atoms with van der Waals surface area (Å²) in [7, 11) is 0. The molecule has 1 fully saturated rings. The van der Waals surface area contributed by atoms with Crippen LogP contribution < -0.4 is 5.73 Å². The van der Waals surface area contributed by atoms with Crippen molar-refractivity contribution in [2.24, 2.45) is 0 Å². The van der Waals surface area contributed by atoms with Crippen LogP contribution in [-0.4, -0.2) is 33.6 Å². The van der Waals surface area contributed by atoms with Crippen LogP contribution in [0, 0.1) is 6.92 Å². The lowest BCUT2D eigenvalue weighted by molar-refractivity contribution is 0.0747. The monoisotopic (exact) mass is 208 g/mol. The molecule has 5 nitrogen and oxygen atoms in total. The molecule has 82 valence electrons. The molecule has 0 aliphatic heterocycles. The van der Waals surface area contributed by atoms with Crippen LogP contribution in [0.15, 0.2) is 0 Å². The van der Waals surface area contributed by atoms with Crippen molar-refractivity contribution in [1.29, 1.82) is 0 Å². The van der Waals surface area contributed by atoms with Crippen molar-refractivity contribution in [2.75, 3.05) is 12.3 Å². The van der Waals surface area contributed by atoms with Gasteiger partial charge in [-0.1, -0.05) is 0 Å². The van der Waals surface area contributed by atoms with Crippen LogP contribution in [0.25, 0.3) is 0 Å². The second-order valence-corrected chi connectivity index (χ2v) is 3.93. The zero-order valence-electron chi connectivity index (χ0n) is 9.08. The molecule has 0 unspecified atom stereocenters. The number of aromatic amines is 1. The van der Waals surface area contributed by atoms with E-state index >= 15 is 0 Å². The van der Waals surface area contributed by atoms with Crippen LogP contribution >= 0.6 is 0 Å². The number of nitrogens with zero attached hydrogens (tertiary/aromatic N) is 2. The third-order valence-corrected chi connectivity index (χ3v) is 2.79. The van der Waals surface area contributed by atoms with E-state index in [-0.39, 0.29) is 5.91 Å². The van der Waals surface area contributed by atoms with Gasteiger partial charge in [-0.05, 0) is 26.7 Å². The molecule has 0 radical (unpaired) electrons. The minimum atomic E-state index is -0.0538. The number of rotatable bonds is 3. The van der Waals surface area contributed by atoms with Crippen LogP contribution in [0.5, 0.6) is 0 Å². The van der Waals surface area contributed by atoms with Gasteiger partial charge in [0.15, 0.2) is 5.69 Å². The van der Waals surface area contributed by atoms with Gasteiger partial charge in [-0.25, -0.2) is 0 Å². The van der Waals surface area contributed by atoms with E-state index in [0.29, 0.717) is 17.4 Å². The van der Waals surface area contributed by atoms with Crippen LogP contribution in [0.1, 0.15) is 35.9 Å². The van der Waals surface area contributed by atoms with E-state index in [1.165, 1.54) is 0 Å². The largest absolute Gasteiger partial charge is 0.395 e. The van der Waals surface area contributed by atoms with Crippen molar-refractivity contribution < 1.29 is 4.79 Å². The van der Waals surface area contributed by atoms with Crippen molar-refractivity contribution >= 4 is 11.6 Å². The Morgan fingerprint density at radius 2 is 2.33 bits per heavy atom. The zero-order chi connectivity index (χ0) is 11.0. The third-order valence-electron chi connectivity index (χ3n) is 2.79. The van der Waals surface area contributed by atoms with Gasteiger partial charge >= 0.3 is 0 Å². The molecular weight excluding hydrogens is 192 g/mol. The standard InChI is InChI=1S/C10H16N4O/c1-3-14(7-4-5-7)10(15)9-8(11)6(2)12-13-9/h7H,3-5,11H2,1-2H3,(H,12,13). The van der Waals surface area contributed by atoms with Gasteiger partial charge in [-0.2, -0.15) is 5.10 Å². The van der Waals surface area contributed by atoms with Crippen molar-refractivity contribution in [3.63, 3.8) is 0 Å². The molecule has 1 aliphatic carbocycles. The first kappa shape index (κ1) is 10.0. The first-order valence-electron chi connectivity index (χ1n) is 5.26. The van der Waals surface area contributed by atoms with E-state index in [0.717, 1.165) is 25.1 Å². The predicted octanol–water partition coefficient (Wildman–Crippen LogP) is 0.925. The minimum Gasteiger partial charge on any atom is -0.395 e. The molecule has 0 bridgehead atoms. The molecule has 1 heterocycles. The van der Waals surface area contributed by atoms with Gasteiger partial charge in [0.05, 0.1) is 11.4 Å². The zero-order valence-corrected chi connectivity index (χ0v) is 9.08. The number of hydrogen-bond acceptors (Lipinski definition) is 3. The summed E-state index contributed by atoms with van der Waals surface area (Å²) < 4.78 is 0. The van der Waals surface area contributed by atoms with E-state index in [4.69, 9.17) is 5.73 Å². The van der Waals surface area contributed by atoms with Gasteiger partial charge in [0.1, 0.15) is 0 Å². The predicted molar refractivity (Wildman–Crippen MR) is 57.5 cm³/mol. The number of carbonyl (C=O) groups is 1. The first-order valence-corrected chi connectivity index (χ1v) is 5.26. The maximum absolute atomic E-state index is 12.1. The number of aryl methyl sites for hydroxylation is 1. The molecule has 0 spiro atoms. The highest BCUT2D eigenvalue weighted by Gasteiger charge is 2.33. The fourth-order valence-corrected chi connectivity index (χ4v) is 1.69. The number of nitrogens with two attached hydrogens (primary N) is 1. The molecule has 0 atom stereocenters. The summed E-state index contributed by atoms with van der Waals surface area (Å²) in [5.74, 6) is -0.0538. The van der Waals surface area contributed by atoms with E-state index in [9.17, 15) is 4.79 Å². The van der Waals surface area contributed by atoms with Crippen LogP contribution in [0.4, 0.5) is 5.69 Å². The van der Waals surface area contributed by atoms with Crippen molar-refractivity contribution in [3.8, 4) is 0 Å². The summed E-state index contributed by atoms with van der Waals surface area (Å²) in [5, 5.41) is 6.69. The summed E-state index contributed by atoms with van der Waals surface area (Å²) in [6, 6.07) is 0.402. The molecule has 2 rings (SSSR count). The highest BCUT2D eigenvalue weighted by Crippen LogP contribution is 2.28. The number of anilines is 1. The fraction of sp³-hybridized carbons (Fsp3) is 0.600. The average Bonchev–Trinajstić information content (AvgIpc) is 2.98. The Labute approximate surface area is 88.6 Å². The number of aromatic nitrogens is 2. The van der Waals surface area contributed by atoms with E-state index in [1.54, 1.807) is 0 Å². The number of nitrogens with one attached hydrogen (secondary N) is 1. The molecule has 1 aliphatic rings. The van der Waals surface area contributed by atoms with Gasteiger partial charge in [-0.15, -0.1) is 0 Å². The second-order valence-electron chi connectivity index (χ2n) is 3.93. The lowest BCUT2D eigenvalue weighted by atomic mass is 10.2. The summed E-state index contributed by atoms with van der Waals surface area (Å²) in [5.41, 5.74) is 7.36. The molecule has 0 saturated heterocycles. The fourth-order valence-electron chi connectivity index (χ4n) is 1.69. The summed E-state index contributed by atoms with van der Waals surface area (Å²) in [6.45, 7) is 4.51. The van der Waals surface area contributed by atoms with Gasteiger partial charge in [0, 0.05) is 12.6 Å². The molecule has 1 saturated carbocycles. The van der Waals surface area contributed by atoms with Crippen molar-refractivity contribution in [3.05, 3.63) is 11.4 Å². The SMILES string of the molecule is CCN(C(=O)c1n[nH]c(C)c1N)C1CC1. The number of hydrogen-bond donors (Lipinski definition) is 2. The highest BCUT2D eigenvalue weighted by atomic mass is 16.2. The van der Waals surface area contributed by atoms with Crippen LogP contribution in [0.2, 0.25) is 0 Å². The maximum Gasteiger partial charge on any atom is 0.276 e. The smallest absolute Gasteiger partial charge is 0.276 e. The molecule has 5 heteroatoms. The first-order chi connectivity index (χ1) is 7.15. The van der Waals surface area contributed by atoms with E-state index < -0.39 is 0 Å². The molecule has 3 N–H and O–H groups in total. The molecule has 1 aromatic heterocycles.